The SMILES string of the molecule is COc1ccnc(N[C@H]2CO[C@H](CO)[C@H](O)[C@@H]2O)n1. The van der Waals surface area contributed by atoms with E-state index in [1.54, 1.807) is 6.07 Å². The van der Waals surface area contributed by atoms with Gasteiger partial charge in [0.1, 0.15) is 18.3 Å². The average molecular weight is 271 g/mol. The fourth-order valence-corrected chi connectivity index (χ4v) is 1.86. The molecule has 1 saturated heterocycles. The van der Waals surface area contributed by atoms with Crippen LogP contribution in [-0.4, -0.2) is 70.0 Å². The third kappa shape index (κ3) is 3.10. The third-order valence-electron chi connectivity index (χ3n) is 2.97. The molecule has 0 spiro atoms. The second-order valence-corrected chi connectivity index (χ2v) is 4.21. The summed E-state index contributed by atoms with van der Waals surface area (Å²) in [6.45, 7) is -0.218. The Labute approximate surface area is 110 Å². The Kier molecular flexibility index (Phi) is 4.48. The minimum Gasteiger partial charge on any atom is -0.481 e. The molecule has 1 aliphatic heterocycles. The van der Waals surface area contributed by atoms with Crippen molar-refractivity contribution in [3.63, 3.8) is 0 Å². The Bertz CT molecular complexity index is 419. The first-order valence-electron chi connectivity index (χ1n) is 5.88. The number of aliphatic hydroxyl groups excluding tert-OH is 3. The van der Waals surface area contributed by atoms with Crippen LogP contribution >= 0.6 is 0 Å². The number of rotatable bonds is 4. The molecule has 19 heavy (non-hydrogen) atoms. The van der Waals surface area contributed by atoms with Crippen molar-refractivity contribution in [1.82, 2.24) is 9.97 Å². The van der Waals surface area contributed by atoms with Gasteiger partial charge < -0.3 is 30.1 Å². The van der Waals surface area contributed by atoms with Crippen molar-refractivity contribution in [1.29, 1.82) is 0 Å². The molecule has 0 saturated carbocycles. The van der Waals surface area contributed by atoms with E-state index in [0.29, 0.717) is 5.88 Å². The van der Waals surface area contributed by atoms with Crippen molar-refractivity contribution in [2.75, 3.05) is 25.6 Å². The smallest absolute Gasteiger partial charge is 0.226 e. The van der Waals surface area contributed by atoms with E-state index in [1.807, 2.05) is 0 Å². The van der Waals surface area contributed by atoms with Crippen molar-refractivity contribution in [3.05, 3.63) is 12.3 Å². The minimum atomic E-state index is -1.16. The van der Waals surface area contributed by atoms with Crippen molar-refractivity contribution in [2.24, 2.45) is 0 Å². The van der Waals surface area contributed by atoms with Gasteiger partial charge in [-0.3, -0.25) is 0 Å². The lowest BCUT2D eigenvalue weighted by Gasteiger charge is -2.37. The number of aromatic nitrogens is 2. The van der Waals surface area contributed by atoms with Crippen LogP contribution in [0, 0.1) is 0 Å². The summed E-state index contributed by atoms with van der Waals surface area (Å²) in [5, 5.41) is 31.5. The van der Waals surface area contributed by atoms with Crippen LogP contribution in [0.1, 0.15) is 0 Å². The van der Waals surface area contributed by atoms with Crippen molar-refractivity contribution in [3.8, 4) is 5.88 Å². The van der Waals surface area contributed by atoms with E-state index in [2.05, 4.69) is 15.3 Å². The lowest BCUT2D eigenvalue weighted by Crippen LogP contribution is -2.56. The van der Waals surface area contributed by atoms with Crippen LogP contribution in [0.25, 0.3) is 0 Å². The van der Waals surface area contributed by atoms with E-state index < -0.39 is 24.4 Å². The summed E-state index contributed by atoms with van der Waals surface area (Å²) in [5.41, 5.74) is 0. The van der Waals surface area contributed by atoms with Crippen LogP contribution in [0.3, 0.4) is 0 Å². The third-order valence-corrected chi connectivity index (χ3v) is 2.97. The van der Waals surface area contributed by atoms with Gasteiger partial charge in [-0.05, 0) is 0 Å². The van der Waals surface area contributed by atoms with Crippen LogP contribution in [0.15, 0.2) is 12.3 Å². The number of anilines is 1. The summed E-state index contributed by atoms with van der Waals surface area (Å²) in [5.74, 6) is 0.652. The molecule has 0 aliphatic carbocycles. The van der Waals surface area contributed by atoms with Gasteiger partial charge in [0.2, 0.25) is 11.8 Å². The van der Waals surface area contributed by atoms with E-state index in [9.17, 15) is 10.2 Å². The standard InChI is InChI=1S/C11H17N3O5/c1-18-8-2-3-12-11(14-8)13-6-5-19-7(4-15)10(17)9(6)16/h2-3,6-7,9-10,15-17H,4-5H2,1H3,(H,12,13,14)/t6-,7+,9+,10-/m0/s1. The highest BCUT2D eigenvalue weighted by Gasteiger charge is 2.38. The summed E-state index contributed by atoms with van der Waals surface area (Å²) < 4.78 is 10.2. The summed E-state index contributed by atoms with van der Waals surface area (Å²) in [6, 6.07) is 1.03. The highest BCUT2D eigenvalue weighted by molar-refractivity contribution is 5.29. The quantitative estimate of drug-likeness (QED) is 0.516. The van der Waals surface area contributed by atoms with Gasteiger partial charge in [-0.15, -0.1) is 0 Å². The normalized spacial score (nSPS) is 30.9. The molecule has 0 bridgehead atoms. The fourth-order valence-electron chi connectivity index (χ4n) is 1.86. The van der Waals surface area contributed by atoms with E-state index in [0.717, 1.165) is 0 Å². The molecule has 4 atom stereocenters. The van der Waals surface area contributed by atoms with E-state index in [4.69, 9.17) is 14.6 Å². The van der Waals surface area contributed by atoms with E-state index in [-0.39, 0.29) is 19.2 Å². The number of nitrogens with zero attached hydrogens (tertiary/aromatic N) is 2. The molecule has 1 aromatic heterocycles. The summed E-state index contributed by atoms with van der Waals surface area (Å²) >= 11 is 0. The van der Waals surface area contributed by atoms with Gasteiger partial charge in [0.05, 0.1) is 26.4 Å². The zero-order valence-corrected chi connectivity index (χ0v) is 10.4. The molecule has 2 rings (SSSR count). The van der Waals surface area contributed by atoms with Gasteiger partial charge in [-0.1, -0.05) is 0 Å². The Balaban J connectivity index is 2.02. The van der Waals surface area contributed by atoms with E-state index >= 15 is 0 Å². The van der Waals surface area contributed by atoms with Gasteiger partial charge in [0, 0.05) is 12.3 Å². The Morgan fingerprint density at radius 3 is 2.95 bits per heavy atom. The number of nitrogens with one attached hydrogen (secondary N) is 1. The second-order valence-electron chi connectivity index (χ2n) is 4.21. The highest BCUT2D eigenvalue weighted by atomic mass is 16.5. The first-order valence-corrected chi connectivity index (χ1v) is 5.88. The molecule has 0 amide bonds. The number of ether oxygens (including phenoxy) is 2. The highest BCUT2D eigenvalue weighted by Crippen LogP contribution is 2.18. The van der Waals surface area contributed by atoms with Gasteiger partial charge in [-0.25, -0.2) is 4.98 Å². The summed E-state index contributed by atoms with van der Waals surface area (Å²) in [6.07, 6.45) is -1.51. The van der Waals surface area contributed by atoms with E-state index in [1.165, 1.54) is 13.3 Å². The fraction of sp³-hybridized carbons (Fsp3) is 0.636. The predicted molar refractivity (Wildman–Crippen MR) is 64.8 cm³/mol. The van der Waals surface area contributed by atoms with Crippen LogP contribution in [-0.2, 0) is 4.74 Å². The number of hydrogen-bond acceptors (Lipinski definition) is 8. The Morgan fingerprint density at radius 2 is 2.26 bits per heavy atom. The monoisotopic (exact) mass is 271 g/mol. The van der Waals surface area contributed by atoms with Crippen LogP contribution in [0.5, 0.6) is 5.88 Å². The maximum atomic E-state index is 9.94. The molecule has 1 aromatic rings. The van der Waals surface area contributed by atoms with Gasteiger partial charge in [0.15, 0.2) is 0 Å². The van der Waals surface area contributed by atoms with Gasteiger partial charge in [-0.2, -0.15) is 4.98 Å². The largest absolute Gasteiger partial charge is 0.481 e. The first kappa shape index (κ1) is 13.9. The molecular formula is C11H17N3O5. The molecule has 106 valence electrons. The first-order chi connectivity index (χ1) is 9.15. The predicted octanol–water partition coefficient (Wildman–Crippen LogP) is -1.62. The zero-order valence-electron chi connectivity index (χ0n) is 10.4. The lowest BCUT2D eigenvalue weighted by atomic mass is 9.98. The zero-order chi connectivity index (χ0) is 13.8. The Hall–Kier alpha value is -1.48. The van der Waals surface area contributed by atoms with Gasteiger partial charge in [0.25, 0.3) is 0 Å². The van der Waals surface area contributed by atoms with Crippen molar-refractivity contribution in [2.45, 2.75) is 24.4 Å². The minimum absolute atomic E-state index is 0.129. The van der Waals surface area contributed by atoms with Crippen molar-refractivity contribution < 1.29 is 24.8 Å². The topological polar surface area (TPSA) is 117 Å². The molecule has 8 nitrogen and oxygen atoms in total. The number of hydrogen-bond donors (Lipinski definition) is 4. The van der Waals surface area contributed by atoms with Crippen molar-refractivity contribution >= 4 is 5.95 Å². The molecule has 1 fully saturated rings. The molecule has 2 heterocycles. The molecule has 0 radical (unpaired) electrons. The molecule has 4 N–H and O–H groups in total. The van der Waals surface area contributed by atoms with Crippen LogP contribution < -0.4 is 10.1 Å². The molecule has 8 heteroatoms. The molecular weight excluding hydrogens is 254 g/mol. The summed E-state index contributed by atoms with van der Waals surface area (Å²) in [4.78, 5) is 8.02. The average Bonchev–Trinajstić information content (AvgIpc) is 2.44. The van der Waals surface area contributed by atoms with Crippen LogP contribution in [0.2, 0.25) is 0 Å². The van der Waals surface area contributed by atoms with Crippen LogP contribution in [0.4, 0.5) is 5.95 Å². The maximum Gasteiger partial charge on any atom is 0.226 e. The molecule has 0 aromatic carbocycles. The number of methoxy groups -OCH3 is 1. The van der Waals surface area contributed by atoms with Gasteiger partial charge >= 0.3 is 0 Å². The second kappa shape index (κ2) is 6.11. The Morgan fingerprint density at radius 1 is 1.47 bits per heavy atom. The summed E-state index contributed by atoms with van der Waals surface area (Å²) in [7, 11) is 1.49. The molecule has 0 unspecified atom stereocenters. The maximum absolute atomic E-state index is 9.94. The number of aliphatic hydroxyl groups is 3. The lowest BCUT2D eigenvalue weighted by molar-refractivity contribution is -0.152. The molecule has 1 aliphatic rings.